The minimum Gasteiger partial charge on any atom is -0.353 e. The third-order valence-electron chi connectivity index (χ3n) is 7.53. The van der Waals surface area contributed by atoms with E-state index in [1.807, 2.05) is 0 Å². The second kappa shape index (κ2) is 7.28. The van der Waals surface area contributed by atoms with Crippen molar-refractivity contribution in [3.63, 3.8) is 0 Å². The topological polar surface area (TPSA) is 49.4 Å². The molecule has 1 saturated heterocycles. The molecular weight excluding hydrogens is 312 g/mol. The maximum absolute atomic E-state index is 13.1. The molecule has 1 atom stereocenters. The number of likely N-dealkylation sites (tertiary alicyclic amines) is 1. The van der Waals surface area contributed by atoms with Gasteiger partial charge >= 0.3 is 0 Å². The predicted octanol–water partition coefficient (Wildman–Crippen LogP) is 3.64. The summed E-state index contributed by atoms with van der Waals surface area (Å²) in [6.45, 7) is 1.51. The summed E-state index contributed by atoms with van der Waals surface area (Å²) in [4.78, 5) is 28.2. The first kappa shape index (κ1) is 17.4. The lowest BCUT2D eigenvalue weighted by atomic mass is 9.76. The van der Waals surface area contributed by atoms with Crippen molar-refractivity contribution < 1.29 is 9.59 Å². The number of hydrogen-bond acceptors (Lipinski definition) is 2. The zero-order chi connectivity index (χ0) is 17.3. The summed E-state index contributed by atoms with van der Waals surface area (Å²) >= 11 is 0. The van der Waals surface area contributed by atoms with Crippen LogP contribution in [0.1, 0.15) is 83.5 Å². The molecule has 4 nitrogen and oxygen atoms in total. The summed E-state index contributed by atoms with van der Waals surface area (Å²) in [5.74, 6) is 0.849. The molecule has 3 saturated carbocycles. The van der Waals surface area contributed by atoms with Crippen LogP contribution in [0, 0.1) is 17.3 Å². The molecule has 0 radical (unpaired) electrons. The van der Waals surface area contributed by atoms with Crippen LogP contribution in [0.25, 0.3) is 0 Å². The first-order valence-electron chi connectivity index (χ1n) is 10.8. The molecule has 4 fully saturated rings. The Morgan fingerprint density at radius 2 is 1.48 bits per heavy atom. The maximum Gasteiger partial charge on any atom is 0.225 e. The fourth-order valence-corrected chi connectivity index (χ4v) is 6.06. The third kappa shape index (κ3) is 3.46. The van der Waals surface area contributed by atoms with E-state index in [0.717, 1.165) is 45.1 Å². The maximum atomic E-state index is 13.1. The molecule has 1 heterocycles. The van der Waals surface area contributed by atoms with Gasteiger partial charge in [-0.3, -0.25) is 9.59 Å². The smallest absolute Gasteiger partial charge is 0.225 e. The molecule has 1 spiro atoms. The highest BCUT2D eigenvalue weighted by molar-refractivity contribution is 5.84. The minimum atomic E-state index is 0.0307. The normalized spacial score (nSPS) is 30.2. The average Bonchev–Trinajstić information content (AvgIpc) is 3.38. The number of carbonyl (C=O) groups is 2. The van der Waals surface area contributed by atoms with E-state index in [9.17, 15) is 9.59 Å². The van der Waals surface area contributed by atoms with E-state index in [1.165, 1.54) is 44.9 Å². The lowest BCUT2D eigenvalue weighted by molar-refractivity contribution is -0.136. The number of hydrogen-bond donors (Lipinski definition) is 1. The minimum absolute atomic E-state index is 0.0307. The zero-order valence-electron chi connectivity index (χ0n) is 15.6. The molecule has 0 aromatic rings. The van der Waals surface area contributed by atoms with E-state index < -0.39 is 0 Å². The number of nitrogens with one attached hydrogen (secondary N) is 1. The molecule has 4 aliphatic rings. The number of rotatable bonds is 3. The van der Waals surface area contributed by atoms with Crippen molar-refractivity contribution in [2.24, 2.45) is 17.3 Å². The standard InChI is InChI=1S/C21H34N2O2/c24-19(22-17-10-4-5-11-17)18-14-23(15-21(18)12-6-7-13-21)20(25)16-8-2-1-3-9-16/h16-18H,1-15H2,(H,22,24). The Hall–Kier alpha value is -1.06. The second-order valence-electron chi connectivity index (χ2n) is 9.17. The summed E-state index contributed by atoms with van der Waals surface area (Å²) in [7, 11) is 0. The van der Waals surface area contributed by atoms with E-state index in [1.54, 1.807) is 0 Å². The molecule has 4 rings (SSSR count). The summed E-state index contributed by atoms with van der Waals surface area (Å²) in [5.41, 5.74) is 0.0764. The largest absolute Gasteiger partial charge is 0.353 e. The van der Waals surface area contributed by atoms with E-state index >= 15 is 0 Å². The highest BCUT2D eigenvalue weighted by Crippen LogP contribution is 2.49. The van der Waals surface area contributed by atoms with Crippen LogP contribution in [-0.4, -0.2) is 35.8 Å². The van der Waals surface area contributed by atoms with Crippen LogP contribution >= 0.6 is 0 Å². The lowest BCUT2D eigenvalue weighted by Crippen LogP contribution is -2.43. The molecule has 3 aliphatic carbocycles. The van der Waals surface area contributed by atoms with Crippen molar-refractivity contribution in [2.75, 3.05) is 13.1 Å². The van der Waals surface area contributed by atoms with E-state index in [4.69, 9.17) is 0 Å². The van der Waals surface area contributed by atoms with Gasteiger partial charge in [0.1, 0.15) is 0 Å². The molecule has 0 bridgehead atoms. The SMILES string of the molecule is O=C(NC1CCCC1)C1CN(C(=O)C2CCCCC2)CC12CCCC2. The van der Waals surface area contributed by atoms with Crippen molar-refractivity contribution in [1.29, 1.82) is 0 Å². The number of nitrogens with zero attached hydrogens (tertiary/aromatic N) is 1. The Morgan fingerprint density at radius 3 is 2.16 bits per heavy atom. The fourth-order valence-electron chi connectivity index (χ4n) is 6.06. The van der Waals surface area contributed by atoms with Crippen molar-refractivity contribution in [3.8, 4) is 0 Å². The van der Waals surface area contributed by atoms with Gasteiger partial charge in [0.05, 0.1) is 5.92 Å². The molecule has 140 valence electrons. The van der Waals surface area contributed by atoms with Crippen LogP contribution in [0.3, 0.4) is 0 Å². The lowest BCUT2D eigenvalue weighted by Gasteiger charge is -2.30. The van der Waals surface area contributed by atoms with Gasteiger partial charge in [-0.1, -0.05) is 44.9 Å². The highest BCUT2D eigenvalue weighted by Gasteiger charge is 2.53. The van der Waals surface area contributed by atoms with Gasteiger partial charge in [-0.15, -0.1) is 0 Å². The van der Waals surface area contributed by atoms with Crippen LogP contribution in [0.4, 0.5) is 0 Å². The summed E-state index contributed by atoms with van der Waals surface area (Å²) < 4.78 is 0. The predicted molar refractivity (Wildman–Crippen MR) is 97.9 cm³/mol. The summed E-state index contributed by atoms with van der Waals surface area (Å²) in [6.07, 6.45) is 15.2. The van der Waals surface area contributed by atoms with Gasteiger partial charge in [0.15, 0.2) is 0 Å². The first-order chi connectivity index (χ1) is 12.2. The van der Waals surface area contributed by atoms with Gasteiger partial charge in [0, 0.05) is 30.5 Å². The van der Waals surface area contributed by atoms with Gasteiger partial charge in [-0.05, 0) is 38.5 Å². The summed E-state index contributed by atoms with van der Waals surface area (Å²) in [5, 5.41) is 3.33. The highest BCUT2D eigenvalue weighted by atomic mass is 16.2. The second-order valence-corrected chi connectivity index (χ2v) is 9.17. The van der Waals surface area contributed by atoms with Gasteiger partial charge < -0.3 is 10.2 Å². The molecule has 2 amide bonds. The Morgan fingerprint density at radius 1 is 0.840 bits per heavy atom. The van der Waals surface area contributed by atoms with Crippen molar-refractivity contribution in [3.05, 3.63) is 0 Å². The van der Waals surface area contributed by atoms with Gasteiger partial charge in [-0.2, -0.15) is 0 Å². The molecule has 0 aromatic heterocycles. The van der Waals surface area contributed by atoms with Gasteiger partial charge in [0.25, 0.3) is 0 Å². The Balaban J connectivity index is 1.45. The third-order valence-corrected chi connectivity index (χ3v) is 7.53. The number of carbonyl (C=O) groups excluding carboxylic acids is 2. The van der Waals surface area contributed by atoms with E-state index in [0.29, 0.717) is 18.5 Å². The Kier molecular flexibility index (Phi) is 5.06. The molecule has 4 heteroatoms. The van der Waals surface area contributed by atoms with E-state index in [-0.39, 0.29) is 23.2 Å². The molecule has 0 aromatic carbocycles. The van der Waals surface area contributed by atoms with Crippen LogP contribution in [0.15, 0.2) is 0 Å². The Labute approximate surface area is 152 Å². The fraction of sp³-hybridized carbons (Fsp3) is 0.905. The van der Waals surface area contributed by atoms with Gasteiger partial charge in [-0.25, -0.2) is 0 Å². The van der Waals surface area contributed by atoms with E-state index in [2.05, 4.69) is 10.2 Å². The van der Waals surface area contributed by atoms with Crippen LogP contribution in [0.2, 0.25) is 0 Å². The molecule has 1 N–H and O–H groups in total. The van der Waals surface area contributed by atoms with Gasteiger partial charge in [0.2, 0.25) is 11.8 Å². The first-order valence-corrected chi connectivity index (χ1v) is 10.8. The average molecular weight is 347 g/mol. The monoisotopic (exact) mass is 346 g/mol. The molecule has 25 heavy (non-hydrogen) atoms. The van der Waals surface area contributed by atoms with Crippen molar-refractivity contribution in [1.82, 2.24) is 10.2 Å². The Bertz CT molecular complexity index is 500. The van der Waals surface area contributed by atoms with Crippen molar-refractivity contribution in [2.45, 2.75) is 89.5 Å². The molecule has 1 aliphatic heterocycles. The van der Waals surface area contributed by atoms with Crippen LogP contribution < -0.4 is 5.32 Å². The van der Waals surface area contributed by atoms with Crippen LogP contribution in [0.5, 0.6) is 0 Å². The number of amides is 2. The summed E-state index contributed by atoms with van der Waals surface area (Å²) in [6, 6.07) is 0.383. The quantitative estimate of drug-likeness (QED) is 0.848. The zero-order valence-corrected chi connectivity index (χ0v) is 15.6. The van der Waals surface area contributed by atoms with Crippen LogP contribution in [-0.2, 0) is 9.59 Å². The van der Waals surface area contributed by atoms with Crippen molar-refractivity contribution >= 4 is 11.8 Å². The molecule has 1 unspecified atom stereocenters. The molecular formula is C21H34N2O2.